The van der Waals surface area contributed by atoms with Gasteiger partial charge in [-0.1, -0.05) is 13.3 Å². The summed E-state index contributed by atoms with van der Waals surface area (Å²) in [5.74, 6) is 0.155. The van der Waals surface area contributed by atoms with Gasteiger partial charge in [-0.25, -0.2) is 0 Å². The molecule has 0 aromatic carbocycles. The molecule has 1 aliphatic heterocycles. The van der Waals surface area contributed by atoms with Crippen molar-refractivity contribution >= 4 is 11.5 Å². The topological polar surface area (TPSA) is 68.0 Å². The minimum atomic E-state index is -0.288. The zero-order valence-electron chi connectivity index (χ0n) is 10.9. The fourth-order valence-corrected chi connectivity index (χ4v) is 2.85. The molecule has 0 amide bonds. The van der Waals surface area contributed by atoms with Gasteiger partial charge in [0.1, 0.15) is 0 Å². The van der Waals surface area contributed by atoms with E-state index in [1.807, 2.05) is 0 Å². The van der Waals surface area contributed by atoms with E-state index in [1.54, 1.807) is 18.5 Å². The SMILES string of the molecule is CCCC1(C(=O)c2cnccc2N)CCCNC1. The van der Waals surface area contributed by atoms with Crippen molar-refractivity contribution in [2.75, 3.05) is 18.8 Å². The van der Waals surface area contributed by atoms with Crippen LogP contribution < -0.4 is 11.1 Å². The molecule has 2 rings (SSSR count). The smallest absolute Gasteiger partial charge is 0.173 e. The maximum Gasteiger partial charge on any atom is 0.173 e. The van der Waals surface area contributed by atoms with Crippen molar-refractivity contribution in [1.82, 2.24) is 10.3 Å². The van der Waals surface area contributed by atoms with Crippen molar-refractivity contribution in [3.63, 3.8) is 0 Å². The van der Waals surface area contributed by atoms with E-state index in [-0.39, 0.29) is 11.2 Å². The molecule has 98 valence electrons. The van der Waals surface area contributed by atoms with Crippen molar-refractivity contribution in [1.29, 1.82) is 0 Å². The van der Waals surface area contributed by atoms with Gasteiger partial charge < -0.3 is 11.1 Å². The summed E-state index contributed by atoms with van der Waals surface area (Å²) in [4.78, 5) is 16.8. The number of nitrogens with one attached hydrogen (secondary N) is 1. The van der Waals surface area contributed by atoms with Gasteiger partial charge in [0.2, 0.25) is 0 Å². The number of ketones is 1. The first-order valence-electron chi connectivity index (χ1n) is 6.64. The lowest BCUT2D eigenvalue weighted by Crippen LogP contribution is -2.45. The highest BCUT2D eigenvalue weighted by Crippen LogP contribution is 2.36. The Morgan fingerprint density at radius 3 is 3.06 bits per heavy atom. The second-order valence-corrected chi connectivity index (χ2v) is 5.10. The van der Waals surface area contributed by atoms with Crippen molar-refractivity contribution in [3.8, 4) is 0 Å². The Balaban J connectivity index is 2.31. The van der Waals surface area contributed by atoms with Gasteiger partial charge in [0.05, 0.1) is 5.56 Å². The Kier molecular flexibility index (Phi) is 3.97. The molecule has 0 aliphatic carbocycles. The lowest BCUT2D eigenvalue weighted by molar-refractivity contribution is 0.0718. The predicted molar refractivity (Wildman–Crippen MR) is 72.4 cm³/mol. The van der Waals surface area contributed by atoms with E-state index in [4.69, 9.17) is 5.73 Å². The number of nitrogens with zero attached hydrogens (tertiary/aromatic N) is 1. The van der Waals surface area contributed by atoms with Crippen LogP contribution in [0.5, 0.6) is 0 Å². The monoisotopic (exact) mass is 247 g/mol. The first kappa shape index (κ1) is 13.0. The molecule has 0 bridgehead atoms. The Morgan fingerprint density at radius 2 is 2.44 bits per heavy atom. The number of nitrogen functional groups attached to an aromatic ring is 1. The van der Waals surface area contributed by atoms with Crippen LogP contribution in [-0.4, -0.2) is 23.9 Å². The van der Waals surface area contributed by atoms with Crippen molar-refractivity contribution < 1.29 is 4.79 Å². The number of aromatic nitrogens is 1. The number of pyridine rings is 1. The van der Waals surface area contributed by atoms with Gasteiger partial charge in [0.15, 0.2) is 5.78 Å². The second kappa shape index (κ2) is 5.48. The Labute approximate surface area is 108 Å². The summed E-state index contributed by atoms with van der Waals surface area (Å²) in [7, 11) is 0. The molecule has 1 saturated heterocycles. The van der Waals surface area contributed by atoms with Gasteiger partial charge in [0.25, 0.3) is 0 Å². The highest BCUT2D eigenvalue weighted by molar-refractivity contribution is 6.04. The van der Waals surface area contributed by atoms with Crippen LogP contribution in [0.2, 0.25) is 0 Å². The zero-order chi connectivity index (χ0) is 13.0. The van der Waals surface area contributed by atoms with Crippen LogP contribution in [0.3, 0.4) is 0 Å². The maximum absolute atomic E-state index is 12.8. The van der Waals surface area contributed by atoms with Gasteiger partial charge in [-0.15, -0.1) is 0 Å². The minimum Gasteiger partial charge on any atom is -0.398 e. The molecule has 2 heterocycles. The number of rotatable bonds is 4. The molecule has 1 aromatic heterocycles. The molecular formula is C14H21N3O. The standard InChI is InChI=1S/C14H21N3O/c1-2-5-14(6-3-7-17-10-14)13(18)11-9-16-8-4-12(11)15/h4,8-9,17H,2-3,5-7,10H2,1H3,(H2,15,16). The number of carbonyl (C=O) groups excluding carboxylic acids is 1. The highest BCUT2D eigenvalue weighted by atomic mass is 16.1. The third-order valence-electron chi connectivity index (χ3n) is 3.78. The molecule has 3 N–H and O–H groups in total. The van der Waals surface area contributed by atoms with Crippen LogP contribution in [0, 0.1) is 5.41 Å². The van der Waals surface area contributed by atoms with Gasteiger partial charge >= 0.3 is 0 Å². The first-order chi connectivity index (χ1) is 8.69. The van der Waals surface area contributed by atoms with Gasteiger partial charge in [-0.3, -0.25) is 9.78 Å². The molecule has 0 saturated carbocycles. The van der Waals surface area contributed by atoms with Crippen LogP contribution in [-0.2, 0) is 0 Å². The summed E-state index contributed by atoms with van der Waals surface area (Å²) in [5, 5.41) is 3.35. The largest absolute Gasteiger partial charge is 0.398 e. The Bertz CT molecular complexity index is 419. The second-order valence-electron chi connectivity index (χ2n) is 5.10. The first-order valence-corrected chi connectivity index (χ1v) is 6.64. The summed E-state index contributed by atoms with van der Waals surface area (Å²) in [5.41, 5.74) is 6.73. The van der Waals surface area contributed by atoms with Gasteiger partial charge in [-0.2, -0.15) is 0 Å². The van der Waals surface area contributed by atoms with Crippen LogP contribution in [0.25, 0.3) is 0 Å². The molecule has 0 spiro atoms. The number of hydrogen-bond donors (Lipinski definition) is 2. The van der Waals surface area contributed by atoms with Crippen molar-refractivity contribution in [2.45, 2.75) is 32.6 Å². The summed E-state index contributed by atoms with van der Waals surface area (Å²) in [6.45, 7) is 3.88. The lowest BCUT2D eigenvalue weighted by Gasteiger charge is -2.36. The quantitative estimate of drug-likeness (QED) is 0.799. The van der Waals surface area contributed by atoms with E-state index in [0.717, 1.165) is 38.8 Å². The average Bonchev–Trinajstić information content (AvgIpc) is 2.40. The van der Waals surface area contributed by atoms with Gasteiger partial charge in [0, 0.05) is 30.0 Å². The normalized spacial score (nSPS) is 23.8. The molecule has 1 fully saturated rings. The lowest BCUT2D eigenvalue weighted by atomic mass is 9.71. The number of Topliss-reactive ketones (excluding diaryl/α,β-unsaturated/α-hetero) is 1. The number of hydrogen-bond acceptors (Lipinski definition) is 4. The summed E-state index contributed by atoms with van der Waals surface area (Å²) in [6, 6.07) is 1.70. The van der Waals surface area contributed by atoms with Crippen LogP contribution in [0.1, 0.15) is 43.0 Å². The number of piperidine rings is 1. The van der Waals surface area contributed by atoms with Crippen molar-refractivity contribution in [2.24, 2.45) is 5.41 Å². The van der Waals surface area contributed by atoms with Gasteiger partial charge in [-0.05, 0) is 31.9 Å². The minimum absolute atomic E-state index is 0.155. The third-order valence-corrected chi connectivity index (χ3v) is 3.78. The van der Waals surface area contributed by atoms with Crippen molar-refractivity contribution in [3.05, 3.63) is 24.0 Å². The number of nitrogens with two attached hydrogens (primary N) is 1. The summed E-state index contributed by atoms with van der Waals surface area (Å²) >= 11 is 0. The van der Waals surface area contributed by atoms with Crippen LogP contribution in [0.15, 0.2) is 18.5 Å². The predicted octanol–water partition coefficient (Wildman–Crippen LogP) is 2.02. The molecule has 1 unspecified atom stereocenters. The van der Waals surface area contributed by atoms with E-state index >= 15 is 0 Å². The van der Waals surface area contributed by atoms with E-state index < -0.39 is 0 Å². The third kappa shape index (κ3) is 2.38. The molecule has 1 aliphatic rings. The van der Waals surface area contributed by atoms with E-state index in [1.165, 1.54) is 0 Å². The fraction of sp³-hybridized carbons (Fsp3) is 0.571. The number of carbonyl (C=O) groups is 1. The Morgan fingerprint density at radius 1 is 1.61 bits per heavy atom. The number of anilines is 1. The van der Waals surface area contributed by atoms with E-state index in [0.29, 0.717) is 11.3 Å². The molecule has 1 aromatic rings. The molecule has 1 atom stereocenters. The molecule has 4 nitrogen and oxygen atoms in total. The van der Waals surface area contributed by atoms with Crippen LogP contribution >= 0.6 is 0 Å². The van der Waals surface area contributed by atoms with Crippen LogP contribution in [0.4, 0.5) is 5.69 Å². The summed E-state index contributed by atoms with van der Waals surface area (Å²) in [6.07, 6.45) is 7.13. The molecule has 0 radical (unpaired) electrons. The maximum atomic E-state index is 12.8. The molecule has 18 heavy (non-hydrogen) atoms. The highest BCUT2D eigenvalue weighted by Gasteiger charge is 2.39. The molecule has 4 heteroatoms. The fourth-order valence-electron chi connectivity index (χ4n) is 2.85. The summed E-state index contributed by atoms with van der Waals surface area (Å²) < 4.78 is 0. The van der Waals surface area contributed by atoms with E-state index in [9.17, 15) is 4.79 Å². The molecular weight excluding hydrogens is 226 g/mol. The average molecular weight is 247 g/mol. The Hall–Kier alpha value is -1.42. The zero-order valence-corrected chi connectivity index (χ0v) is 10.9. The van der Waals surface area contributed by atoms with E-state index in [2.05, 4.69) is 17.2 Å².